The molecule has 0 aromatic heterocycles. The Hall–Kier alpha value is -2.18. The van der Waals surface area contributed by atoms with Gasteiger partial charge in [-0.15, -0.1) is 0 Å². The molecule has 0 radical (unpaired) electrons. The first-order chi connectivity index (χ1) is 12.0. The molecule has 10 nitrogen and oxygen atoms in total. The fraction of sp³-hybridized carbons (Fsp3) is 0.429. The number of piperidine rings is 1. The topological polar surface area (TPSA) is 153 Å². The number of nitrogens with zero attached hydrogens (tertiary/aromatic N) is 1. The number of carbonyl (C=O) groups is 2. The predicted molar refractivity (Wildman–Crippen MR) is 89.8 cm³/mol. The lowest BCUT2D eigenvalue weighted by molar-refractivity contribution is -0.123. The number of carbonyl (C=O) groups excluding carboxylic acids is 2. The zero-order valence-corrected chi connectivity index (χ0v) is 15.5. The minimum Gasteiger partial charge on any atom is -0.369 e. The Balaban J connectivity index is 2.06. The monoisotopic (exact) mass is 405 g/mol. The fourth-order valence-corrected chi connectivity index (χ4v) is 4.93. The van der Waals surface area contributed by atoms with Gasteiger partial charge in [-0.2, -0.15) is 0 Å². The molecule has 0 bridgehead atoms. The molecule has 2 amide bonds. The van der Waals surface area contributed by atoms with E-state index in [1.807, 2.05) is 0 Å². The summed E-state index contributed by atoms with van der Waals surface area (Å²) in [5.74, 6) is -0.784. The maximum absolute atomic E-state index is 12.3. The summed E-state index contributed by atoms with van der Waals surface area (Å²) in [6.07, 6.45) is 0.631. The predicted octanol–water partition coefficient (Wildman–Crippen LogP) is -0.383. The van der Waals surface area contributed by atoms with Crippen molar-refractivity contribution in [3.63, 3.8) is 0 Å². The summed E-state index contributed by atoms with van der Waals surface area (Å²) >= 11 is 0. The summed E-state index contributed by atoms with van der Waals surface area (Å²) in [6.45, 7) is 0.377. The zero-order valence-electron chi connectivity index (χ0n) is 13.9. The molecule has 12 heteroatoms. The van der Waals surface area contributed by atoms with Crippen LogP contribution in [0.4, 0.5) is 4.79 Å². The molecule has 1 aromatic rings. The normalized spacial score (nSPS) is 16.3. The third-order valence-corrected chi connectivity index (χ3v) is 6.45. The highest BCUT2D eigenvalue weighted by Crippen LogP contribution is 2.21. The molecule has 0 saturated carbocycles. The maximum Gasteiger partial charge on any atom is 0.429 e. The maximum atomic E-state index is 12.3. The van der Waals surface area contributed by atoms with E-state index in [1.165, 1.54) is 17.0 Å². The third-order valence-electron chi connectivity index (χ3n) is 3.93. The van der Waals surface area contributed by atoms with Gasteiger partial charge in [0, 0.05) is 25.3 Å². The van der Waals surface area contributed by atoms with E-state index >= 15 is 0 Å². The highest BCUT2D eigenvalue weighted by Gasteiger charge is 2.29. The minimum absolute atomic E-state index is 0.189. The molecular formula is C14H19N3O7S2. The van der Waals surface area contributed by atoms with E-state index in [2.05, 4.69) is 4.84 Å². The largest absolute Gasteiger partial charge is 0.429 e. The minimum atomic E-state index is -4.41. The van der Waals surface area contributed by atoms with Gasteiger partial charge >= 0.3 is 6.09 Å². The van der Waals surface area contributed by atoms with Crippen molar-refractivity contribution >= 4 is 31.9 Å². The second-order valence-corrected chi connectivity index (χ2v) is 9.43. The summed E-state index contributed by atoms with van der Waals surface area (Å²) < 4.78 is 48.0. The average Bonchev–Trinajstić information content (AvgIpc) is 2.59. The van der Waals surface area contributed by atoms with Gasteiger partial charge in [0.2, 0.25) is 5.91 Å². The Morgan fingerprint density at radius 3 is 2.15 bits per heavy atom. The van der Waals surface area contributed by atoms with Crippen LogP contribution < -0.4 is 10.6 Å². The number of hydrogen-bond acceptors (Lipinski definition) is 7. The van der Waals surface area contributed by atoms with Crippen LogP contribution in [0.25, 0.3) is 0 Å². The van der Waals surface area contributed by atoms with Crippen LogP contribution in [0.5, 0.6) is 0 Å². The van der Waals surface area contributed by atoms with Crippen LogP contribution in [0.2, 0.25) is 0 Å². The van der Waals surface area contributed by atoms with E-state index in [0.717, 1.165) is 18.4 Å². The molecule has 144 valence electrons. The lowest BCUT2D eigenvalue weighted by Gasteiger charge is -2.29. The van der Waals surface area contributed by atoms with Crippen molar-refractivity contribution in [1.82, 2.24) is 9.79 Å². The summed E-state index contributed by atoms with van der Waals surface area (Å²) in [6, 6.07) is 4.95. The van der Waals surface area contributed by atoms with Crippen LogP contribution in [0.1, 0.15) is 12.8 Å². The number of likely N-dealkylation sites (tertiary alicyclic amines) is 1. The van der Waals surface area contributed by atoms with Crippen LogP contribution in [-0.4, -0.2) is 53.1 Å². The van der Waals surface area contributed by atoms with E-state index in [-0.39, 0.29) is 19.0 Å². The van der Waals surface area contributed by atoms with Gasteiger partial charge in [-0.1, -0.05) is 12.1 Å². The van der Waals surface area contributed by atoms with E-state index < -0.39 is 41.7 Å². The summed E-state index contributed by atoms with van der Waals surface area (Å²) in [5.41, 5.74) is 5.20. The van der Waals surface area contributed by atoms with Gasteiger partial charge in [-0.25, -0.2) is 21.6 Å². The number of benzene rings is 1. The number of amides is 2. The molecule has 0 aliphatic carbocycles. The lowest BCUT2D eigenvalue weighted by Crippen LogP contribution is -2.44. The van der Waals surface area contributed by atoms with Gasteiger partial charge in [0.15, 0.2) is 9.84 Å². The number of sulfone groups is 1. The van der Waals surface area contributed by atoms with Crippen molar-refractivity contribution in [3.05, 3.63) is 24.3 Å². The quantitative estimate of drug-likeness (QED) is 0.633. The van der Waals surface area contributed by atoms with E-state index in [4.69, 9.17) is 5.73 Å². The first-order valence-corrected chi connectivity index (χ1v) is 11.0. The molecule has 2 rings (SSSR count). The lowest BCUT2D eigenvalue weighted by atomic mass is 9.97. The molecule has 0 spiro atoms. The average molecular weight is 405 g/mol. The molecule has 1 aliphatic rings. The first kappa shape index (κ1) is 20.1. The molecule has 1 saturated heterocycles. The molecule has 1 heterocycles. The van der Waals surface area contributed by atoms with Crippen molar-refractivity contribution < 1.29 is 31.3 Å². The number of hydrogen-bond donors (Lipinski definition) is 2. The van der Waals surface area contributed by atoms with Crippen molar-refractivity contribution in [2.75, 3.05) is 19.3 Å². The van der Waals surface area contributed by atoms with Crippen molar-refractivity contribution in [2.45, 2.75) is 22.6 Å². The van der Waals surface area contributed by atoms with Gasteiger partial charge in [0.05, 0.1) is 4.90 Å². The number of rotatable bonds is 5. The van der Waals surface area contributed by atoms with E-state index in [0.29, 0.717) is 12.8 Å². The molecule has 1 fully saturated rings. The molecular weight excluding hydrogens is 386 g/mol. The Morgan fingerprint density at radius 2 is 1.65 bits per heavy atom. The highest BCUT2D eigenvalue weighted by atomic mass is 32.2. The molecule has 0 atom stereocenters. The Bertz CT molecular complexity index is 904. The number of primary amides is 1. The van der Waals surface area contributed by atoms with E-state index in [9.17, 15) is 26.4 Å². The summed E-state index contributed by atoms with van der Waals surface area (Å²) in [4.78, 5) is 29.6. The fourth-order valence-electron chi connectivity index (χ4n) is 2.53. The van der Waals surface area contributed by atoms with Crippen LogP contribution in [0, 0.1) is 5.92 Å². The van der Waals surface area contributed by atoms with E-state index in [1.54, 1.807) is 4.89 Å². The van der Waals surface area contributed by atoms with Gasteiger partial charge in [0.1, 0.15) is 4.90 Å². The van der Waals surface area contributed by atoms with Gasteiger partial charge < -0.3 is 15.5 Å². The standard InChI is InChI=1S/C14H19N3O7S2/c1-25(20,21)11-4-2-3-5-12(11)26(22,23)16-24-14(19)17-8-6-10(7-9-17)13(15)18/h2-5,10,16H,6-9H2,1H3,(H2,15,18). The van der Waals surface area contributed by atoms with Crippen molar-refractivity contribution in [3.8, 4) is 0 Å². The third kappa shape index (κ3) is 4.71. The summed E-state index contributed by atoms with van der Waals surface area (Å²) in [7, 11) is -8.21. The SMILES string of the molecule is CS(=O)(=O)c1ccccc1S(=O)(=O)NOC(=O)N1CCC(C(N)=O)CC1. The van der Waals surface area contributed by atoms with Crippen LogP contribution in [0.15, 0.2) is 34.1 Å². The number of nitrogens with one attached hydrogen (secondary N) is 1. The smallest absolute Gasteiger partial charge is 0.369 e. The molecule has 3 N–H and O–H groups in total. The van der Waals surface area contributed by atoms with Crippen LogP contribution >= 0.6 is 0 Å². The van der Waals surface area contributed by atoms with Gasteiger partial charge in [-0.05, 0) is 29.9 Å². The van der Waals surface area contributed by atoms with Crippen LogP contribution in [-0.2, 0) is 29.5 Å². The summed E-state index contributed by atoms with van der Waals surface area (Å²) in [5, 5.41) is 0. The highest BCUT2D eigenvalue weighted by molar-refractivity contribution is 7.93. The number of sulfonamides is 1. The molecule has 0 unspecified atom stereocenters. The van der Waals surface area contributed by atoms with Crippen molar-refractivity contribution in [1.29, 1.82) is 0 Å². The molecule has 1 aliphatic heterocycles. The Labute approximate surface area is 151 Å². The molecule has 26 heavy (non-hydrogen) atoms. The van der Waals surface area contributed by atoms with Crippen LogP contribution in [0.3, 0.4) is 0 Å². The number of nitrogens with two attached hydrogens (primary N) is 1. The van der Waals surface area contributed by atoms with Gasteiger partial charge in [0.25, 0.3) is 10.0 Å². The zero-order chi connectivity index (χ0) is 19.5. The Morgan fingerprint density at radius 1 is 1.12 bits per heavy atom. The second kappa shape index (κ2) is 7.60. The second-order valence-electron chi connectivity index (χ2n) is 5.84. The Kier molecular flexibility index (Phi) is 5.88. The van der Waals surface area contributed by atoms with Crippen molar-refractivity contribution in [2.24, 2.45) is 11.7 Å². The molecule has 1 aromatic carbocycles. The first-order valence-electron chi connectivity index (χ1n) is 7.58. The van der Waals surface area contributed by atoms with Gasteiger partial charge in [-0.3, -0.25) is 4.79 Å².